The summed E-state index contributed by atoms with van der Waals surface area (Å²) in [5.74, 6) is 0.536. The van der Waals surface area contributed by atoms with Crippen molar-refractivity contribution in [2.24, 2.45) is 5.73 Å². The predicted molar refractivity (Wildman–Crippen MR) is 66.0 cm³/mol. The number of aromatic nitrogens is 1. The maximum atomic E-state index is 6.11. The molecule has 4 nitrogen and oxygen atoms in total. The van der Waals surface area contributed by atoms with Crippen LogP contribution in [0.5, 0.6) is 0 Å². The first-order valence-electron chi connectivity index (χ1n) is 5.75. The Labute approximate surface area is 97.0 Å². The lowest BCUT2D eigenvalue weighted by Gasteiger charge is -2.22. The van der Waals surface area contributed by atoms with E-state index >= 15 is 0 Å². The summed E-state index contributed by atoms with van der Waals surface area (Å²) in [5.41, 5.74) is 12.8. The second-order valence-electron chi connectivity index (χ2n) is 3.86. The molecule has 0 aliphatic rings. The van der Waals surface area contributed by atoms with Gasteiger partial charge in [0.2, 0.25) is 0 Å². The van der Waals surface area contributed by atoms with Crippen LogP contribution in [0.3, 0.4) is 0 Å². The van der Waals surface area contributed by atoms with Gasteiger partial charge in [0.25, 0.3) is 0 Å². The van der Waals surface area contributed by atoms with Gasteiger partial charge in [0.15, 0.2) is 0 Å². The molecule has 1 aromatic rings. The molecule has 1 heterocycles. The lowest BCUT2D eigenvalue weighted by Crippen LogP contribution is -2.38. The molecule has 90 valence electrons. The zero-order valence-corrected chi connectivity index (χ0v) is 10.0. The minimum atomic E-state index is 0.00625. The van der Waals surface area contributed by atoms with Gasteiger partial charge >= 0.3 is 0 Å². The molecular weight excluding hydrogens is 202 g/mol. The van der Waals surface area contributed by atoms with E-state index in [1.54, 1.807) is 6.20 Å². The van der Waals surface area contributed by atoms with Crippen LogP contribution in [-0.2, 0) is 11.2 Å². The van der Waals surface area contributed by atoms with Crippen LogP contribution in [0, 0.1) is 0 Å². The van der Waals surface area contributed by atoms with E-state index in [1.165, 1.54) is 0 Å². The van der Waals surface area contributed by atoms with Gasteiger partial charge in [0.1, 0.15) is 5.82 Å². The number of nitrogens with two attached hydrogens (primary N) is 2. The van der Waals surface area contributed by atoms with Crippen molar-refractivity contribution in [3.8, 4) is 0 Å². The molecule has 1 rings (SSSR count). The van der Waals surface area contributed by atoms with E-state index in [-0.39, 0.29) is 12.1 Å². The molecule has 16 heavy (non-hydrogen) atoms. The maximum Gasteiger partial charge on any atom is 0.123 e. The zero-order valence-electron chi connectivity index (χ0n) is 10.0. The Kier molecular flexibility index (Phi) is 5.22. The molecule has 0 aromatic carbocycles. The summed E-state index contributed by atoms with van der Waals surface area (Å²) in [4.78, 5) is 3.95. The first-order valence-corrected chi connectivity index (χ1v) is 5.75. The van der Waals surface area contributed by atoms with E-state index in [1.807, 2.05) is 19.1 Å². The van der Waals surface area contributed by atoms with Gasteiger partial charge in [-0.2, -0.15) is 0 Å². The van der Waals surface area contributed by atoms with Gasteiger partial charge in [-0.1, -0.05) is 6.92 Å². The normalized spacial score (nSPS) is 14.7. The molecule has 4 N–H and O–H groups in total. The number of anilines is 1. The highest BCUT2D eigenvalue weighted by molar-refractivity contribution is 5.32. The first-order chi connectivity index (χ1) is 7.67. The third kappa shape index (κ3) is 3.79. The van der Waals surface area contributed by atoms with Crippen molar-refractivity contribution in [2.75, 3.05) is 12.3 Å². The van der Waals surface area contributed by atoms with Crippen molar-refractivity contribution < 1.29 is 4.74 Å². The van der Waals surface area contributed by atoms with Crippen molar-refractivity contribution >= 4 is 5.82 Å². The number of nitrogens with zero attached hydrogens (tertiary/aromatic N) is 1. The summed E-state index contributed by atoms with van der Waals surface area (Å²) in [6.45, 7) is 4.77. The quantitative estimate of drug-likeness (QED) is 0.763. The molecule has 0 aliphatic heterocycles. The van der Waals surface area contributed by atoms with Crippen LogP contribution in [0.1, 0.15) is 25.8 Å². The number of hydrogen-bond acceptors (Lipinski definition) is 4. The fourth-order valence-electron chi connectivity index (χ4n) is 1.78. The standard InChI is InChI=1S/C12H21N3O/c1-3-11(16-4-2)10(13)7-9-5-6-15-12(14)8-9/h5-6,8,10-11H,3-4,7,13H2,1-2H3,(H2,14,15). The third-order valence-electron chi connectivity index (χ3n) is 2.58. The second kappa shape index (κ2) is 6.45. The van der Waals surface area contributed by atoms with E-state index in [9.17, 15) is 0 Å². The van der Waals surface area contributed by atoms with Crippen LogP contribution in [-0.4, -0.2) is 23.7 Å². The van der Waals surface area contributed by atoms with Crippen LogP contribution in [0.15, 0.2) is 18.3 Å². The van der Waals surface area contributed by atoms with Gasteiger partial charge in [-0.15, -0.1) is 0 Å². The molecule has 0 saturated carbocycles. The highest BCUT2D eigenvalue weighted by Gasteiger charge is 2.16. The maximum absolute atomic E-state index is 6.11. The molecule has 0 aliphatic carbocycles. The topological polar surface area (TPSA) is 74.2 Å². The molecule has 1 aromatic heterocycles. The van der Waals surface area contributed by atoms with Crippen LogP contribution < -0.4 is 11.5 Å². The first kappa shape index (κ1) is 12.9. The van der Waals surface area contributed by atoms with Gasteiger partial charge in [-0.3, -0.25) is 0 Å². The summed E-state index contributed by atoms with van der Waals surface area (Å²) in [7, 11) is 0. The fourth-order valence-corrected chi connectivity index (χ4v) is 1.78. The van der Waals surface area contributed by atoms with Crippen molar-refractivity contribution in [3.05, 3.63) is 23.9 Å². The molecule has 4 heteroatoms. The SMILES string of the molecule is CCOC(CC)C(N)Cc1ccnc(N)c1. The van der Waals surface area contributed by atoms with Gasteiger partial charge in [0, 0.05) is 18.8 Å². The van der Waals surface area contributed by atoms with E-state index < -0.39 is 0 Å². The van der Waals surface area contributed by atoms with Crippen LogP contribution >= 0.6 is 0 Å². The zero-order chi connectivity index (χ0) is 12.0. The molecule has 0 bridgehead atoms. The average molecular weight is 223 g/mol. The summed E-state index contributed by atoms with van der Waals surface area (Å²) >= 11 is 0. The Morgan fingerprint density at radius 2 is 2.19 bits per heavy atom. The van der Waals surface area contributed by atoms with Crippen LogP contribution in [0.4, 0.5) is 5.82 Å². The fraction of sp³-hybridized carbons (Fsp3) is 0.583. The van der Waals surface area contributed by atoms with Crippen molar-refractivity contribution in [2.45, 2.75) is 38.8 Å². The number of pyridine rings is 1. The second-order valence-corrected chi connectivity index (χ2v) is 3.86. The molecule has 0 radical (unpaired) electrons. The summed E-state index contributed by atoms with van der Waals surface area (Å²) < 4.78 is 5.58. The smallest absolute Gasteiger partial charge is 0.123 e. The number of hydrogen-bond donors (Lipinski definition) is 2. The molecular formula is C12H21N3O. The minimum absolute atomic E-state index is 0.00625. The molecule has 0 spiro atoms. The Hall–Kier alpha value is -1.13. The highest BCUT2D eigenvalue weighted by atomic mass is 16.5. The predicted octanol–water partition coefficient (Wildman–Crippen LogP) is 1.35. The van der Waals surface area contributed by atoms with E-state index in [2.05, 4.69) is 11.9 Å². The lowest BCUT2D eigenvalue weighted by molar-refractivity contribution is 0.0417. The Bertz CT molecular complexity index is 317. The van der Waals surface area contributed by atoms with E-state index in [0.717, 1.165) is 18.4 Å². The Balaban J connectivity index is 2.58. The van der Waals surface area contributed by atoms with E-state index in [4.69, 9.17) is 16.2 Å². The van der Waals surface area contributed by atoms with Gasteiger partial charge in [-0.05, 0) is 37.5 Å². The van der Waals surface area contributed by atoms with Gasteiger partial charge in [-0.25, -0.2) is 4.98 Å². The van der Waals surface area contributed by atoms with Crippen LogP contribution in [0.2, 0.25) is 0 Å². The Morgan fingerprint density at radius 3 is 2.75 bits per heavy atom. The molecule has 0 amide bonds. The van der Waals surface area contributed by atoms with Gasteiger partial charge in [0.05, 0.1) is 6.10 Å². The lowest BCUT2D eigenvalue weighted by atomic mass is 10.0. The third-order valence-corrected chi connectivity index (χ3v) is 2.58. The van der Waals surface area contributed by atoms with Gasteiger partial charge < -0.3 is 16.2 Å². The number of rotatable bonds is 6. The summed E-state index contributed by atoms with van der Waals surface area (Å²) in [6.07, 6.45) is 3.51. The Morgan fingerprint density at radius 1 is 1.44 bits per heavy atom. The molecule has 0 saturated heterocycles. The summed E-state index contributed by atoms with van der Waals surface area (Å²) in [5, 5.41) is 0. The minimum Gasteiger partial charge on any atom is -0.384 e. The molecule has 0 fully saturated rings. The van der Waals surface area contributed by atoms with E-state index in [0.29, 0.717) is 12.4 Å². The van der Waals surface area contributed by atoms with Crippen molar-refractivity contribution in [1.82, 2.24) is 4.98 Å². The van der Waals surface area contributed by atoms with Crippen molar-refractivity contribution in [1.29, 1.82) is 0 Å². The number of nitrogen functional groups attached to an aromatic ring is 1. The molecule has 2 atom stereocenters. The number of ether oxygens (including phenoxy) is 1. The van der Waals surface area contributed by atoms with Crippen LogP contribution in [0.25, 0.3) is 0 Å². The van der Waals surface area contributed by atoms with Crippen molar-refractivity contribution in [3.63, 3.8) is 0 Å². The monoisotopic (exact) mass is 223 g/mol. The summed E-state index contributed by atoms with van der Waals surface area (Å²) in [6, 6.07) is 3.81. The molecule has 2 unspecified atom stereocenters. The average Bonchev–Trinajstić information content (AvgIpc) is 2.25. The highest BCUT2D eigenvalue weighted by Crippen LogP contribution is 2.10. The largest absolute Gasteiger partial charge is 0.384 e.